The van der Waals surface area contributed by atoms with Gasteiger partial charge in [-0.25, -0.2) is 0 Å². The number of rotatable bonds is 4. The highest BCUT2D eigenvalue weighted by atomic mass is 32.2. The molecule has 1 atom stereocenters. The van der Waals surface area contributed by atoms with Gasteiger partial charge >= 0.3 is 0 Å². The van der Waals surface area contributed by atoms with Gasteiger partial charge in [-0.05, 0) is 23.3 Å². The summed E-state index contributed by atoms with van der Waals surface area (Å²) >= 11 is 1.60. The number of nitrogens with one attached hydrogen (secondary N) is 1. The van der Waals surface area contributed by atoms with E-state index in [1.165, 1.54) is 5.39 Å². The summed E-state index contributed by atoms with van der Waals surface area (Å²) in [7, 11) is 0. The first kappa shape index (κ1) is 17.9. The Morgan fingerprint density at radius 3 is 2.72 bits per heavy atom. The second-order valence-electron chi connectivity index (χ2n) is 6.85. The fourth-order valence-electron chi connectivity index (χ4n) is 3.52. The first-order valence-corrected chi connectivity index (χ1v) is 10.7. The van der Waals surface area contributed by atoms with Gasteiger partial charge < -0.3 is 10.1 Å². The quantitative estimate of drug-likeness (QED) is 0.444. The SMILES string of the molecule is CCCSc1nnc2c(n1)O[C@@H](c1cccc3ccccc13)Nc1ccccc1-2. The maximum Gasteiger partial charge on any atom is 0.247 e. The Labute approximate surface area is 173 Å². The Morgan fingerprint density at radius 1 is 0.966 bits per heavy atom. The Kier molecular flexibility index (Phi) is 4.77. The number of benzene rings is 3. The van der Waals surface area contributed by atoms with Crippen LogP contribution in [0.15, 0.2) is 71.9 Å². The van der Waals surface area contributed by atoms with Crippen LogP contribution in [0.25, 0.3) is 22.0 Å². The van der Waals surface area contributed by atoms with Gasteiger partial charge in [0.2, 0.25) is 11.0 Å². The van der Waals surface area contributed by atoms with Crippen molar-refractivity contribution in [1.29, 1.82) is 0 Å². The third-order valence-corrected chi connectivity index (χ3v) is 5.92. The molecule has 0 bridgehead atoms. The van der Waals surface area contributed by atoms with Crippen molar-refractivity contribution >= 4 is 28.2 Å². The molecule has 0 saturated heterocycles. The molecule has 0 aliphatic carbocycles. The molecule has 5 rings (SSSR count). The van der Waals surface area contributed by atoms with Crippen molar-refractivity contribution in [3.63, 3.8) is 0 Å². The molecule has 1 N–H and O–H groups in total. The van der Waals surface area contributed by atoms with Crippen LogP contribution < -0.4 is 10.1 Å². The molecular weight excluding hydrogens is 380 g/mol. The molecule has 1 aromatic heterocycles. The predicted molar refractivity (Wildman–Crippen MR) is 117 cm³/mol. The lowest BCUT2D eigenvalue weighted by molar-refractivity contribution is 0.226. The second kappa shape index (κ2) is 7.72. The number of aromatic nitrogens is 3. The van der Waals surface area contributed by atoms with Crippen LogP contribution in [0.5, 0.6) is 5.88 Å². The van der Waals surface area contributed by atoms with Gasteiger partial charge in [-0.2, -0.15) is 4.98 Å². The van der Waals surface area contributed by atoms with Gasteiger partial charge in [-0.3, -0.25) is 0 Å². The zero-order valence-corrected chi connectivity index (χ0v) is 16.8. The van der Waals surface area contributed by atoms with E-state index in [1.807, 2.05) is 36.4 Å². The van der Waals surface area contributed by atoms with Crippen molar-refractivity contribution < 1.29 is 4.74 Å². The molecule has 144 valence electrons. The number of para-hydroxylation sites is 1. The van der Waals surface area contributed by atoms with Crippen molar-refractivity contribution in [1.82, 2.24) is 15.2 Å². The van der Waals surface area contributed by atoms with Crippen LogP contribution >= 0.6 is 11.8 Å². The fourth-order valence-corrected chi connectivity index (χ4v) is 4.15. The average Bonchev–Trinajstić information content (AvgIpc) is 2.93. The number of nitrogens with zero attached hydrogens (tertiary/aromatic N) is 3. The summed E-state index contributed by atoms with van der Waals surface area (Å²) in [5.41, 5.74) is 3.62. The van der Waals surface area contributed by atoms with E-state index in [4.69, 9.17) is 9.72 Å². The van der Waals surface area contributed by atoms with Gasteiger partial charge in [0, 0.05) is 22.6 Å². The standard InChI is InChI=1S/C23H20N4OS/c1-2-14-29-23-25-22-20(26-27-23)18-11-5-6-13-19(18)24-21(28-22)17-12-7-9-15-8-3-4-10-16(15)17/h3-13,21,24H,2,14H2,1H3/t21-/m0/s1. The van der Waals surface area contributed by atoms with Crippen LogP contribution in [0.3, 0.4) is 0 Å². The topological polar surface area (TPSA) is 59.9 Å². The smallest absolute Gasteiger partial charge is 0.247 e. The first-order chi connectivity index (χ1) is 14.3. The van der Waals surface area contributed by atoms with E-state index in [2.05, 4.69) is 52.8 Å². The largest absolute Gasteiger partial charge is 0.448 e. The molecular formula is C23H20N4OS. The molecule has 1 aliphatic heterocycles. The summed E-state index contributed by atoms with van der Waals surface area (Å²) in [5.74, 6) is 1.45. The number of hydrogen-bond acceptors (Lipinski definition) is 6. The summed E-state index contributed by atoms with van der Waals surface area (Å²) in [6.07, 6.45) is 0.666. The number of fused-ring (bicyclic) bond motifs is 4. The number of anilines is 1. The van der Waals surface area contributed by atoms with Gasteiger partial charge in [0.1, 0.15) is 0 Å². The van der Waals surface area contributed by atoms with E-state index >= 15 is 0 Å². The minimum Gasteiger partial charge on any atom is -0.448 e. The molecule has 4 aromatic rings. The maximum atomic E-state index is 6.42. The van der Waals surface area contributed by atoms with Crippen LogP contribution in [-0.4, -0.2) is 20.9 Å². The number of ether oxygens (including phenoxy) is 1. The van der Waals surface area contributed by atoms with Gasteiger partial charge in [-0.1, -0.05) is 79.3 Å². The third-order valence-electron chi connectivity index (χ3n) is 4.87. The molecule has 0 radical (unpaired) electrons. The molecule has 6 heteroatoms. The van der Waals surface area contributed by atoms with Crippen molar-refractivity contribution in [2.24, 2.45) is 0 Å². The highest BCUT2D eigenvalue weighted by Crippen LogP contribution is 2.40. The summed E-state index contributed by atoms with van der Waals surface area (Å²) in [5, 5.41) is 15.3. The molecule has 3 aromatic carbocycles. The zero-order chi connectivity index (χ0) is 19.6. The lowest BCUT2D eigenvalue weighted by atomic mass is 10.0. The summed E-state index contributed by atoms with van der Waals surface area (Å²) in [6, 6.07) is 22.6. The van der Waals surface area contributed by atoms with E-state index < -0.39 is 0 Å². The zero-order valence-electron chi connectivity index (χ0n) is 16.0. The minimum atomic E-state index is -0.385. The first-order valence-electron chi connectivity index (χ1n) is 9.71. The summed E-state index contributed by atoms with van der Waals surface area (Å²) in [6.45, 7) is 2.14. The van der Waals surface area contributed by atoms with Crippen LogP contribution in [0.1, 0.15) is 25.1 Å². The monoisotopic (exact) mass is 400 g/mol. The van der Waals surface area contributed by atoms with E-state index in [-0.39, 0.29) is 6.23 Å². The van der Waals surface area contributed by atoms with E-state index in [0.717, 1.165) is 34.4 Å². The summed E-state index contributed by atoms with van der Waals surface area (Å²) in [4.78, 5) is 4.69. The molecule has 0 spiro atoms. The van der Waals surface area contributed by atoms with Gasteiger partial charge in [0.05, 0.1) is 0 Å². The fraction of sp³-hybridized carbons (Fsp3) is 0.174. The molecule has 5 nitrogen and oxygen atoms in total. The van der Waals surface area contributed by atoms with E-state index in [1.54, 1.807) is 11.8 Å². The van der Waals surface area contributed by atoms with Crippen LogP contribution in [0.4, 0.5) is 5.69 Å². The average molecular weight is 401 g/mol. The van der Waals surface area contributed by atoms with E-state index in [9.17, 15) is 0 Å². The predicted octanol–water partition coefficient (Wildman–Crippen LogP) is 5.70. The van der Waals surface area contributed by atoms with Crippen molar-refractivity contribution in [3.8, 4) is 17.1 Å². The highest BCUT2D eigenvalue weighted by molar-refractivity contribution is 7.99. The van der Waals surface area contributed by atoms with Crippen LogP contribution in [0.2, 0.25) is 0 Å². The highest BCUT2D eigenvalue weighted by Gasteiger charge is 2.26. The van der Waals surface area contributed by atoms with Gasteiger partial charge in [-0.15, -0.1) is 10.2 Å². The molecule has 0 saturated carbocycles. The molecule has 0 fully saturated rings. The molecule has 29 heavy (non-hydrogen) atoms. The Hall–Kier alpha value is -3.12. The van der Waals surface area contributed by atoms with Gasteiger partial charge in [0.15, 0.2) is 11.9 Å². The van der Waals surface area contributed by atoms with Gasteiger partial charge in [0.25, 0.3) is 0 Å². The van der Waals surface area contributed by atoms with Crippen molar-refractivity contribution in [2.45, 2.75) is 24.7 Å². The van der Waals surface area contributed by atoms with Crippen molar-refractivity contribution in [3.05, 3.63) is 72.3 Å². The number of hydrogen-bond donors (Lipinski definition) is 1. The Morgan fingerprint density at radius 2 is 1.79 bits per heavy atom. The minimum absolute atomic E-state index is 0.385. The lowest BCUT2D eigenvalue weighted by Crippen LogP contribution is -2.17. The Bertz CT molecular complexity index is 1180. The molecule has 0 unspecified atom stereocenters. The molecule has 2 heterocycles. The lowest BCUT2D eigenvalue weighted by Gasteiger charge is -2.21. The third kappa shape index (κ3) is 3.40. The normalized spacial score (nSPS) is 15.0. The van der Waals surface area contributed by atoms with Crippen LogP contribution in [0, 0.1) is 0 Å². The summed E-state index contributed by atoms with van der Waals surface area (Å²) < 4.78 is 6.42. The number of thioether (sulfide) groups is 1. The van der Waals surface area contributed by atoms with E-state index in [0.29, 0.717) is 16.7 Å². The Balaban J connectivity index is 1.65. The molecule has 0 amide bonds. The van der Waals surface area contributed by atoms with Crippen molar-refractivity contribution in [2.75, 3.05) is 11.1 Å². The second-order valence-corrected chi connectivity index (χ2v) is 7.91. The molecule has 1 aliphatic rings. The maximum absolute atomic E-state index is 6.42. The van der Waals surface area contributed by atoms with Crippen LogP contribution in [-0.2, 0) is 0 Å².